The lowest BCUT2D eigenvalue weighted by Gasteiger charge is -2.07. The molecular weight excluding hydrogens is 296 g/mol. The van der Waals surface area contributed by atoms with Gasteiger partial charge in [-0.15, -0.1) is 0 Å². The minimum atomic E-state index is -0.593. The average molecular weight is 320 g/mol. The van der Waals surface area contributed by atoms with Crippen molar-refractivity contribution in [2.24, 2.45) is 4.99 Å². The summed E-state index contributed by atoms with van der Waals surface area (Å²) in [5, 5.41) is 10.00. The Hall–Kier alpha value is -2.37. The van der Waals surface area contributed by atoms with Crippen LogP contribution < -0.4 is 4.74 Å². The van der Waals surface area contributed by atoms with E-state index < -0.39 is 5.97 Å². The van der Waals surface area contributed by atoms with E-state index in [9.17, 15) is 9.90 Å². The normalized spacial score (nSPS) is 12.2. The molecular formula is C17H24N2O4. The van der Waals surface area contributed by atoms with Crippen LogP contribution in [0.3, 0.4) is 0 Å². The third kappa shape index (κ3) is 5.73. The number of hydrogen-bond donors (Lipinski definition) is 1. The van der Waals surface area contributed by atoms with Crippen LogP contribution in [-0.4, -0.2) is 35.5 Å². The van der Waals surface area contributed by atoms with Crippen LogP contribution in [0.1, 0.15) is 39.3 Å². The van der Waals surface area contributed by atoms with Gasteiger partial charge in [0, 0.05) is 12.6 Å². The van der Waals surface area contributed by atoms with E-state index in [2.05, 4.69) is 9.98 Å². The first-order valence-electron chi connectivity index (χ1n) is 7.77. The molecule has 0 radical (unpaired) electrons. The van der Waals surface area contributed by atoms with Gasteiger partial charge in [-0.05, 0) is 39.3 Å². The molecule has 0 aliphatic heterocycles. The highest BCUT2D eigenvalue weighted by molar-refractivity contribution is 6.10. The van der Waals surface area contributed by atoms with Gasteiger partial charge in [-0.3, -0.25) is 0 Å². The van der Waals surface area contributed by atoms with Gasteiger partial charge in [0.1, 0.15) is 17.1 Å². The van der Waals surface area contributed by atoms with E-state index >= 15 is 0 Å². The quantitative estimate of drug-likeness (QED) is 0.342. The molecule has 6 nitrogen and oxygen atoms in total. The number of allylic oxidation sites excluding steroid dienone is 1. The lowest BCUT2D eigenvalue weighted by atomic mass is 10.2. The van der Waals surface area contributed by atoms with Crippen LogP contribution in [0.25, 0.3) is 0 Å². The second kappa shape index (κ2) is 9.61. The number of esters is 1. The Balaban J connectivity index is 3.03. The number of aliphatic hydroxyl groups is 1. The summed E-state index contributed by atoms with van der Waals surface area (Å²) in [6.45, 7) is 8.13. The molecule has 126 valence electrons. The van der Waals surface area contributed by atoms with Crippen LogP contribution in [-0.2, 0) is 9.53 Å². The van der Waals surface area contributed by atoms with Gasteiger partial charge in [-0.2, -0.15) is 0 Å². The largest absolute Gasteiger partial charge is 0.511 e. The Labute approximate surface area is 136 Å². The predicted octanol–water partition coefficient (Wildman–Crippen LogP) is 3.67. The predicted molar refractivity (Wildman–Crippen MR) is 89.5 cm³/mol. The number of hydrogen-bond acceptors (Lipinski definition) is 6. The Morgan fingerprint density at radius 3 is 2.61 bits per heavy atom. The molecule has 1 aromatic heterocycles. The average Bonchev–Trinajstić information content (AvgIpc) is 2.51. The van der Waals surface area contributed by atoms with Crippen molar-refractivity contribution in [3.05, 3.63) is 29.2 Å². The summed E-state index contributed by atoms with van der Waals surface area (Å²) in [6, 6.07) is 3.46. The number of aliphatic imine (C=N–C) groups is 1. The van der Waals surface area contributed by atoms with Gasteiger partial charge >= 0.3 is 5.97 Å². The van der Waals surface area contributed by atoms with Crippen molar-refractivity contribution in [2.45, 2.75) is 40.5 Å². The standard InChI is InChI=1S/C17H24N2O4/c1-5-8-14(20)13(17(21)23-7-3)11-18-16-10-9-15(22-6-2)12(4)19-16/h9-11,20H,5-8H2,1-4H3. The zero-order valence-electron chi connectivity index (χ0n) is 14.1. The Kier molecular flexibility index (Phi) is 7.80. The van der Waals surface area contributed by atoms with Gasteiger partial charge in [-0.1, -0.05) is 6.92 Å². The summed E-state index contributed by atoms with van der Waals surface area (Å²) in [6.07, 6.45) is 2.39. The number of carbonyl (C=O) groups is 1. The minimum absolute atomic E-state index is 0.0302. The lowest BCUT2D eigenvalue weighted by molar-refractivity contribution is -0.138. The van der Waals surface area contributed by atoms with Crippen molar-refractivity contribution in [2.75, 3.05) is 13.2 Å². The Morgan fingerprint density at radius 2 is 2.04 bits per heavy atom. The number of carbonyl (C=O) groups excluding carboxylic acids is 1. The topological polar surface area (TPSA) is 81.0 Å². The molecule has 0 atom stereocenters. The van der Waals surface area contributed by atoms with E-state index in [1.165, 1.54) is 6.21 Å². The van der Waals surface area contributed by atoms with Crippen LogP contribution in [0.4, 0.5) is 5.82 Å². The van der Waals surface area contributed by atoms with Crippen molar-refractivity contribution in [1.29, 1.82) is 0 Å². The molecule has 0 unspecified atom stereocenters. The second-order valence-corrected chi connectivity index (χ2v) is 4.78. The highest BCUT2D eigenvalue weighted by atomic mass is 16.5. The lowest BCUT2D eigenvalue weighted by Crippen LogP contribution is -2.11. The third-order valence-electron chi connectivity index (χ3n) is 2.94. The van der Waals surface area contributed by atoms with Gasteiger partial charge in [0.2, 0.25) is 0 Å². The molecule has 1 heterocycles. The molecule has 0 bridgehead atoms. The molecule has 0 saturated carbocycles. The molecule has 23 heavy (non-hydrogen) atoms. The molecule has 0 amide bonds. The first kappa shape index (κ1) is 18.7. The number of pyridine rings is 1. The van der Waals surface area contributed by atoms with Gasteiger partial charge in [0.15, 0.2) is 5.82 Å². The summed E-state index contributed by atoms with van der Waals surface area (Å²) in [4.78, 5) is 20.4. The summed E-state index contributed by atoms with van der Waals surface area (Å²) in [7, 11) is 0. The van der Waals surface area contributed by atoms with E-state index in [0.717, 1.165) is 0 Å². The van der Waals surface area contributed by atoms with Crippen molar-refractivity contribution >= 4 is 18.0 Å². The maximum atomic E-state index is 11.9. The third-order valence-corrected chi connectivity index (χ3v) is 2.94. The highest BCUT2D eigenvalue weighted by Crippen LogP contribution is 2.20. The number of nitrogens with zero attached hydrogens (tertiary/aromatic N) is 2. The number of aliphatic hydroxyl groups excluding tert-OH is 1. The molecule has 0 fully saturated rings. The monoisotopic (exact) mass is 320 g/mol. The first-order chi connectivity index (χ1) is 11.0. The fraction of sp³-hybridized carbons (Fsp3) is 0.471. The Bertz CT molecular complexity index is 594. The number of ether oxygens (including phenoxy) is 2. The Morgan fingerprint density at radius 1 is 1.30 bits per heavy atom. The summed E-state index contributed by atoms with van der Waals surface area (Å²) in [5.74, 6) is 0.501. The summed E-state index contributed by atoms with van der Waals surface area (Å²) in [5.41, 5.74) is 0.767. The summed E-state index contributed by atoms with van der Waals surface area (Å²) >= 11 is 0. The van der Waals surface area contributed by atoms with Gasteiger partial charge in [0.25, 0.3) is 0 Å². The van der Waals surface area contributed by atoms with E-state index in [0.29, 0.717) is 36.7 Å². The van der Waals surface area contributed by atoms with E-state index in [-0.39, 0.29) is 17.9 Å². The number of rotatable bonds is 8. The maximum Gasteiger partial charge on any atom is 0.343 e. The molecule has 0 aliphatic carbocycles. The molecule has 1 rings (SSSR count). The van der Waals surface area contributed by atoms with Gasteiger partial charge < -0.3 is 14.6 Å². The van der Waals surface area contributed by atoms with Crippen LogP contribution >= 0.6 is 0 Å². The number of aromatic nitrogens is 1. The first-order valence-corrected chi connectivity index (χ1v) is 7.77. The zero-order chi connectivity index (χ0) is 17.2. The molecule has 0 spiro atoms. The maximum absolute atomic E-state index is 11.9. The van der Waals surface area contributed by atoms with Crippen molar-refractivity contribution in [3.8, 4) is 5.75 Å². The fourth-order valence-corrected chi connectivity index (χ4v) is 1.87. The van der Waals surface area contributed by atoms with Crippen molar-refractivity contribution in [1.82, 2.24) is 4.98 Å². The van der Waals surface area contributed by atoms with E-state index in [4.69, 9.17) is 9.47 Å². The molecule has 0 saturated heterocycles. The van der Waals surface area contributed by atoms with Gasteiger partial charge in [-0.25, -0.2) is 14.8 Å². The van der Waals surface area contributed by atoms with Crippen LogP contribution in [0, 0.1) is 6.92 Å². The fourth-order valence-electron chi connectivity index (χ4n) is 1.87. The zero-order valence-corrected chi connectivity index (χ0v) is 14.1. The highest BCUT2D eigenvalue weighted by Gasteiger charge is 2.14. The van der Waals surface area contributed by atoms with Crippen LogP contribution in [0.15, 0.2) is 28.5 Å². The molecule has 0 aromatic carbocycles. The summed E-state index contributed by atoms with van der Waals surface area (Å²) < 4.78 is 10.4. The minimum Gasteiger partial charge on any atom is -0.511 e. The van der Waals surface area contributed by atoms with Crippen molar-refractivity contribution in [3.63, 3.8) is 0 Å². The molecule has 0 aliphatic rings. The number of aryl methyl sites for hydroxylation is 1. The smallest absolute Gasteiger partial charge is 0.343 e. The molecule has 6 heteroatoms. The van der Waals surface area contributed by atoms with Crippen LogP contribution in [0.5, 0.6) is 5.75 Å². The van der Waals surface area contributed by atoms with Crippen molar-refractivity contribution < 1.29 is 19.4 Å². The SMILES string of the molecule is CCCC(O)=C(C=Nc1ccc(OCC)c(C)n1)C(=O)OCC. The molecule has 1 aromatic rings. The van der Waals surface area contributed by atoms with E-state index in [1.54, 1.807) is 19.1 Å². The van der Waals surface area contributed by atoms with Gasteiger partial charge in [0.05, 0.1) is 18.9 Å². The molecule has 1 N–H and O–H groups in total. The van der Waals surface area contributed by atoms with E-state index in [1.807, 2.05) is 20.8 Å². The second-order valence-electron chi connectivity index (χ2n) is 4.78. The van der Waals surface area contributed by atoms with Crippen LogP contribution in [0.2, 0.25) is 0 Å².